The standard InChI is InChI=1S/C23H23BrF2N4O3/c24-16-3-1-2-13(6-16)10-30-11-15(8-19(30)25)21(32)17-9-27-12-28-23(17)29-18-7-14(4-5-31)22(33)20(18)26/h1-3,6,8-9,11-12,14,18,20,22,31,33H,4-5,7,10H2,(H,27,28,29). The fraction of sp³-hybridized carbons (Fsp3) is 0.348. The average Bonchev–Trinajstić information content (AvgIpc) is 3.28. The lowest BCUT2D eigenvalue weighted by atomic mass is 10.0. The molecule has 10 heteroatoms. The van der Waals surface area contributed by atoms with E-state index in [-0.39, 0.29) is 42.9 Å². The van der Waals surface area contributed by atoms with Crippen molar-refractivity contribution in [1.82, 2.24) is 14.5 Å². The van der Waals surface area contributed by atoms with Crippen LogP contribution in [0.2, 0.25) is 0 Å². The molecule has 0 bridgehead atoms. The summed E-state index contributed by atoms with van der Waals surface area (Å²) < 4.78 is 31.4. The Morgan fingerprint density at radius 3 is 2.91 bits per heavy atom. The molecule has 1 fully saturated rings. The van der Waals surface area contributed by atoms with Crippen molar-refractivity contribution in [3.63, 3.8) is 0 Å². The van der Waals surface area contributed by atoms with E-state index >= 15 is 0 Å². The van der Waals surface area contributed by atoms with Gasteiger partial charge in [0.15, 0.2) is 11.7 Å². The van der Waals surface area contributed by atoms with E-state index in [1.165, 1.54) is 23.3 Å². The summed E-state index contributed by atoms with van der Waals surface area (Å²) in [5.74, 6) is -1.37. The number of hydrogen-bond acceptors (Lipinski definition) is 6. The van der Waals surface area contributed by atoms with Crippen molar-refractivity contribution >= 4 is 27.5 Å². The van der Waals surface area contributed by atoms with Gasteiger partial charge in [-0.2, -0.15) is 4.39 Å². The molecule has 1 saturated carbocycles. The summed E-state index contributed by atoms with van der Waals surface area (Å²) in [6.07, 6.45) is 1.70. The summed E-state index contributed by atoms with van der Waals surface area (Å²) in [4.78, 5) is 21.1. The van der Waals surface area contributed by atoms with Crippen LogP contribution >= 0.6 is 15.9 Å². The van der Waals surface area contributed by atoms with Crippen molar-refractivity contribution < 1.29 is 23.8 Å². The lowest BCUT2D eigenvalue weighted by Crippen LogP contribution is -2.32. The zero-order valence-corrected chi connectivity index (χ0v) is 19.1. The number of aliphatic hydroxyl groups is 2. The minimum atomic E-state index is -1.58. The Kier molecular flexibility index (Phi) is 7.16. The summed E-state index contributed by atoms with van der Waals surface area (Å²) in [5.41, 5.74) is 1.04. The van der Waals surface area contributed by atoms with Crippen LogP contribution in [0.1, 0.15) is 34.3 Å². The third kappa shape index (κ3) is 5.13. The summed E-state index contributed by atoms with van der Waals surface area (Å²) in [5, 5.41) is 22.1. The van der Waals surface area contributed by atoms with Crippen LogP contribution in [0.4, 0.5) is 14.6 Å². The second-order valence-corrected chi connectivity index (χ2v) is 9.03. The van der Waals surface area contributed by atoms with Gasteiger partial charge < -0.3 is 20.1 Å². The Bertz CT molecular complexity index is 1140. The molecule has 0 spiro atoms. The predicted octanol–water partition coefficient (Wildman–Crippen LogP) is 3.34. The number of carbonyl (C=O) groups is 1. The molecule has 3 N–H and O–H groups in total. The van der Waals surface area contributed by atoms with Gasteiger partial charge in [0, 0.05) is 41.6 Å². The van der Waals surface area contributed by atoms with Gasteiger partial charge in [0.05, 0.1) is 17.7 Å². The average molecular weight is 521 g/mol. The maximum atomic E-state index is 14.6. The number of halogens is 3. The Balaban J connectivity index is 1.54. The number of alkyl halides is 1. The third-order valence-corrected chi connectivity index (χ3v) is 6.37. The normalized spacial score (nSPS) is 22.5. The van der Waals surface area contributed by atoms with Crippen LogP contribution in [0.5, 0.6) is 0 Å². The summed E-state index contributed by atoms with van der Waals surface area (Å²) in [7, 11) is 0. The number of aromatic nitrogens is 3. The van der Waals surface area contributed by atoms with Crippen LogP contribution in [0.3, 0.4) is 0 Å². The van der Waals surface area contributed by atoms with E-state index in [1.807, 2.05) is 24.3 Å². The smallest absolute Gasteiger partial charge is 0.199 e. The van der Waals surface area contributed by atoms with Crippen molar-refractivity contribution in [1.29, 1.82) is 0 Å². The molecule has 1 aliphatic rings. The van der Waals surface area contributed by atoms with Crippen LogP contribution in [0, 0.1) is 11.9 Å². The first-order valence-corrected chi connectivity index (χ1v) is 11.3. The van der Waals surface area contributed by atoms with Gasteiger partial charge in [-0.15, -0.1) is 0 Å². The molecule has 4 rings (SSSR count). The molecule has 0 amide bonds. The molecule has 0 radical (unpaired) electrons. The molecule has 0 saturated heterocycles. The molecule has 3 aromatic rings. The summed E-state index contributed by atoms with van der Waals surface area (Å²) in [6, 6.07) is 7.79. The minimum Gasteiger partial charge on any atom is -0.396 e. The molecule has 4 atom stereocenters. The zero-order valence-electron chi connectivity index (χ0n) is 17.5. The topological polar surface area (TPSA) is 100 Å². The van der Waals surface area contributed by atoms with Gasteiger partial charge in [-0.05, 0) is 36.5 Å². The second-order valence-electron chi connectivity index (χ2n) is 8.12. The molecular weight excluding hydrogens is 498 g/mol. The van der Waals surface area contributed by atoms with Crippen LogP contribution in [-0.4, -0.2) is 55.5 Å². The van der Waals surface area contributed by atoms with Crippen LogP contribution in [0.25, 0.3) is 0 Å². The largest absolute Gasteiger partial charge is 0.396 e. The SMILES string of the molecule is O=C(c1cc(F)n(Cc2cccc(Br)c2)c1)c1cncnc1NC1CC(CCO)C(O)C1F. The number of benzene rings is 1. The van der Waals surface area contributed by atoms with Crippen LogP contribution < -0.4 is 5.32 Å². The van der Waals surface area contributed by atoms with Gasteiger partial charge in [-0.3, -0.25) is 4.79 Å². The lowest BCUT2D eigenvalue weighted by molar-refractivity contribution is 0.0577. The fourth-order valence-electron chi connectivity index (χ4n) is 4.18. The van der Waals surface area contributed by atoms with E-state index < -0.39 is 36.0 Å². The van der Waals surface area contributed by atoms with Gasteiger partial charge in [-0.25, -0.2) is 14.4 Å². The Labute approximate surface area is 197 Å². The first-order chi connectivity index (χ1) is 15.9. The molecule has 2 aromatic heterocycles. The van der Waals surface area contributed by atoms with Gasteiger partial charge in [-0.1, -0.05) is 28.1 Å². The molecule has 0 aliphatic heterocycles. The minimum absolute atomic E-state index is 0.0735. The molecule has 7 nitrogen and oxygen atoms in total. The first-order valence-electron chi connectivity index (χ1n) is 10.5. The maximum Gasteiger partial charge on any atom is 0.199 e. The highest BCUT2D eigenvalue weighted by Crippen LogP contribution is 2.33. The molecule has 1 aromatic carbocycles. The number of rotatable bonds is 8. The number of nitrogens with zero attached hydrogens (tertiary/aromatic N) is 3. The Morgan fingerprint density at radius 1 is 1.33 bits per heavy atom. The highest BCUT2D eigenvalue weighted by Gasteiger charge is 2.43. The van der Waals surface area contributed by atoms with Crippen LogP contribution in [-0.2, 0) is 6.54 Å². The first kappa shape index (κ1) is 23.5. The van der Waals surface area contributed by atoms with E-state index in [2.05, 4.69) is 31.2 Å². The maximum absolute atomic E-state index is 14.6. The zero-order chi connectivity index (χ0) is 23.5. The van der Waals surface area contributed by atoms with E-state index in [1.54, 1.807) is 0 Å². The highest BCUT2D eigenvalue weighted by molar-refractivity contribution is 9.10. The molecule has 2 heterocycles. The third-order valence-electron chi connectivity index (χ3n) is 5.88. The number of hydrogen-bond donors (Lipinski definition) is 3. The van der Waals surface area contributed by atoms with Gasteiger partial charge in [0.1, 0.15) is 18.3 Å². The van der Waals surface area contributed by atoms with Crippen molar-refractivity contribution in [3.8, 4) is 0 Å². The number of anilines is 1. The van der Waals surface area contributed by atoms with E-state index in [9.17, 15) is 18.7 Å². The summed E-state index contributed by atoms with van der Waals surface area (Å²) >= 11 is 3.38. The van der Waals surface area contributed by atoms with Crippen LogP contribution in [0.15, 0.2) is 53.5 Å². The Hall–Kier alpha value is -2.69. The lowest BCUT2D eigenvalue weighted by Gasteiger charge is -2.18. The van der Waals surface area contributed by atoms with Crippen molar-refractivity contribution in [2.45, 2.75) is 37.7 Å². The molecular formula is C23H23BrF2N4O3. The van der Waals surface area contributed by atoms with Crippen molar-refractivity contribution in [2.24, 2.45) is 5.92 Å². The highest BCUT2D eigenvalue weighted by atomic mass is 79.9. The molecule has 4 unspecified atom stereocenters. The molecule has 174 valence electrons. The van der Waals surface area contributed by atoms with Gasteiger partial charge in [0.2, 0.25) is 0 Å². The summed E-state index contributed by atoms with van der Waals surface area (Å²) in [6.45, 7) is 0.0889. The van der Waals surface area contributed by atoms with Gasteiger partial charge in [0.25, 0.3) is 0 Å². The predicted molar refractivity (Wildman–Crippen MR) is 121 cm³/mol. The fourth-order valence-corrected chi connectivity index (χ4v) is 4.63. The molecule has 1 aliphatic carbocycles. The van der Waals surface area contributed by atoms with E-state index in [0.717, 1.165) is 16.1 Å². The van der Waals surface area contributed by atoms with E-state index in [4.69, 9.17) is 5.11 Å². The second kappa shape index (κ2) is 10.1. The monoisotopic (exact) mass is 520 g/mol. The number of carbonyl (C=O) groups excluding carboxylic acids is 1. The van der Waals surface area contributed by atoms with Crippen molar-refractivity contribution in [3.05, 3.63) is 76.2 Å². The number of nitrogens with one attached hydrogen (secondary N) is 1. The number of ketones is 1. The van der Waals surface area contributed by atoms with E-state index in [0.29, 0.717) is 0 Å². The van der Waals surface area contributed by atoms with Crippen molar-refractivity contribution in [2.75, 3.05) is 11.9 Å². The quantitative estimate of drug-likeness (QED) is 0.394. The number of aliphatic hydroxyl groups excluding tert-OH is 2. The Morgan fingerprint density at radius 2 is 2.15 bits per heavy atom. The van der Waals surface area contributed by atoms with Gasteiger partial charge >= 0.3 is 0 Å². The molecule has 33 heavy (non-hydrogen) atoms.